The lowest BCUT2D eigenvalue weighted by molar-refractivity contribution is 0.414. The summed E-state index contributed by atoms with van der Waals surface area (Å²) in [5.74, 6) is 6.53. The third kappa shape index (κ3) is 2.23. The van der Waals surface area contributed by atoms with E-state index in [2.05, 4.69) is 10.4 Å². The SMILES string of the molecule is COc1ccc(C(NN)c2cncn2C)c(C)c1. The molecule has 2 rings (SSSR count). The number of hydrogen-bond acceptors (Lipinski definition) is 4. The van der Waals surface area contributed by atoms with E-state index in [0.29, 0.717) is 0 Å². The molecule has 0 saturated carbocycles. The number of ether oxygens (including phenoxy) is 1. The van der Waals surface area contributed by atoms with Crippen molar-refractivity contribution >= 4 is 0 Å². The van der Waals surface area contributed by atoms with Crippen molar-refractivity contribution in [2.24, 2.45) is 12.9 Å². The minimum atomic E-state index is -0.0802. The van der Waals surface area contributed by atoms with Gasteiger partial charge in [-0.15, -0.1) is 0 Å². The first-order valence-electron chi connectivity index (χ1n) is 5.74. The van der Waals surface area contributed by atoms with Crippen molar-refractivity contribution < 1.29 is 4.74 Å². The van der Waals surface area contributed by atoms with E-state index < -0.39 is 0 Å². The highest BCUT2D eigenvalue weighted by Gasteiger charge is 2.17. The molecule has 1 aromatic carbocycles. The summed E-state index contributed by atoms with van der Waals surface area (Å²) in [7, 11) is 3.61. The first-order chi connectivity index (χ1) is 8.67. The Morgan fingerprint density at radius 3 is 2.72 bits per heavy atom. The Morgan fingerprint density at radius 1 is 1.44 bits per heavy atom. The van der Waals surface area contributed by atoms with Crippen molar-refractivity contribution in [1.29, 1.82) is 0 Å². The highest BCUT2D eigenvalue weighted by molar-refractivity contribution is 5.39. The average Bonchev–Trinajstić information content (AvgIpc) is 2.78. The predicted octanol–water partition coefficient (Wildman–Crippen LogP) is 1.29. The number of aromatic nitrogens is 2. The Morgan fingerprint density at radius 2 is 2.22 bits per heavy atom. The molecule has 1 atom stereocenters. The molecule has 3 N–H and O–H groups in total. The Balaban J connectivity index is 2.42. The van der Waals surface area contributed by atoms with Gasteiger partial charge in [-0.1, -0.05) is 6.07 Å². The van der Waals surface area contributed by atoms with E-state index in [0.717, 1.165) is 22.6 Å². The summed E-state index contributed by atoms with van der Waals surface area (Å²) in [4.78, 5) is 4.12. The van der Waals surface area contributed by atoms with Crippen LogP contribution in [0.3, 0.4) is 0 Å². The second-order valence-electron chi connectivity index (χ2n) is 4.25. The number of hydrogen-bond donors (Lipinski definition) is 2. The summed E-state index contributed by atoms with van der Waals surface area (Å²) in [5.41, 5.74) is 6.09. The van der Waals surface area contributed by atoms with Gasteiger partial charge in [0.25, 0.3) is 0 Å². The molecule has 0 radical (unpaired) electrons. The second-order valence-corrected chi connectivity index (χ2v) is 4.25. The summed E-state index contributed by atoms with van der Waals surface area (Å²) in [6, 6.07) is 5.87. The quantitative estimate of drug-likeness (QED) is 0.630. The Labute approximate surface area is 107 Å². The van der Waals surface area contributed by atoms with Gasteiger partial charge in [0.1, 0.15) is 5.75 Å². The maximum atomic E-state index is 5.68. The smallest absolute Gasteiger partial charge is 0.119 e. The van der Waals surface area contributed by atoms with E-state index in [-0.39, 0.29) is 6.04 Å². The normalized spacial score (nSPS) is 12.4. The molecule has 0 spiro atoms. The largest absolute Gasteiger partial charge is 0.497 e. The Hall–Kier alpha value is -1.85. The van der Waals surface area contributed by atoms with Gasteiger partial charge in [-0.3, -0.25) is 5.84 Å². The molecular weight excluding hydrogens is 228 g/mol. The fourth-order valence-corrected chi connectivity index (χ4v) is 2.08. The van der Waals surface area contributed by atoms with Gasteiger partial charge in [-0.25, -0.2) is 10.4 Å². The average molecular weight is 246 g/mol. The molecule has 0 bridgehead atoms. The molecular formula is C13H18N4O. The number of hydrazine groups is 1. The third-order valence-electron chi connectivity index (χ3n) is 3.10. The number of benzene rings is 1. The van der Waals surface area contributed by atoms with E-state index in [1.165, 1.54) is 0 Å². The zero-order valence-corrected chi connectivity index (χ0v) is 10.8. The van der Waals surface area contributed by atoms with Crippen LogP contribution in [0.15, 0.2) is 30.7 Å². The number of imidazole rings is 1. The number of rotatable bonds is 4. The molecule has 0 aliphatic heterocycles. The molecule has 0 amide bonds. The van der Waals surface area contributed by atoms with Crippen molar-refractivity contribution in [2.45, 2.75) is 13.0 Å². The monoisotopic (exact) mass is 246 g/mol. The molecule has 0 aliphatic carbocycles. The van der Waals surface area contributed by atoms with E-state index in [1.54, 1.807) is 13.4 Å². The zero-order valence-electron chi connectivity index (χ0n) is 10.8. The van der Waals surface area contributed by atoms with Crippen LogP contribution in [0, 0.1) is 6.92 Å². The minimum absolute atomic E-state index is 0.0802. The molecule has 5 nitrogen and oxygen atoms in total. The molecule has 1 unspecified atom stereocenters. The second kappa shape index (κ2) is 5.20. The number of nitrogens with zero attached hydrogens (tertiary/aromatic N) is 2. The number of nitrogens with one attached hydrogen (secondary N) is 1. The number of nitrogens with two attached hydrogens (primary N) is 1. The topological polar surface area (TPSA) is 65.1 Å². The van der Waals surface area contributed by atoms with Gasteiger partial charge in [0, 0.05) is 7.05 Å². The van der Waals surface area contributed by atoms with E-state index in [4.69, 9.17) is 10.6 Å². The van der Waals surface area contributed by atoms with Gasteiger partial charge >= 0.3 is 0 Å². The fraction of sp³-hybridized carbons (Fsp3) is 0.308. The van der Waals surface area contributed by atoms with Gasteiger partial charge in [0.05, 0.1) is 31.4 Å². The van der Waals surface area contributed by atoms with Gasteiger partial charge < -0.3 is 9.30 Å². The van der Waals surface area contributed by atoms with Crippen molar-refractivity contribution in [3.63, 3.8) is 0 Å². The predicted molar refractivity (Wildman–Crippen MR) is 70.1 cm³/mol. The minimum Gasteiger partial charge on any atom is -0.497 e. The Bertz CT molecular complexity index is 536. The van der Waals surface area contributed by atoms with Crippen LogP contribution >= 0.6 is 0 Å². The maximum Gasteiger partial charge on any atom is 0.119 e. The first kappa shape index (κ1) is 12.6. The molecule has 18 heavy (non-hydrogen) atoms. The van der Waals surface area contributed by atoms with Crippen LogP contribution < -0.4 is 16.0 Å². The number of methoxy groups -OCH3 is 1. The van der Waals surface area contributed by atoms with Crippen LogP contribution in [0.5, 0.6) is 5.75 Å². The van der Waals surface area contributed by atoms with Gasteiger partial charge in [0.2, 0.25) is 0 Å². The highest BCUT2D eigenvalue weighted by Crippen LogP contribution is 2.26. The van der Waals surface area contributed by atoms with Crippen LogP contribution in [-0.2, 0) is 7.05 Å². The van der Waals surface area contributed by atoms with Crippen LogP contribution in [0.4, 0.5) is 0 Å². The summed E-state index contributed by atoms with van der Waals surface area (Å²) >= 11 is 0. The molecule has 0 saturated heterocycles. The molecule has 0 fully saturated rings. The summed E-state index contributed by atoms with van der Waals surface area (Å²) < 4.78 is 7.16. The van der Waals surface area contributed by atoms with Crippen LogP contribution in [0.25, 0.3) is 0 Å². The molecule has 2 aromatic rings. The van der Waals surface area contributed by atoms with Gasteiger partial charge in [-0.05, 0) is 30.2 Å². The van der Waals surface area contributed by atoms with Crippen molar-refractivity contribution in [3.8, 4) is 5.75 Å². The van der Waals surface area contributed by atoms with Crippen molar-refractivity contribution in [1.82, 2.24) is 15.0 Å². The van der Waals surface area contributed by atoms with Crippen LogP contribution in [0.1, 0.15) is 22.9 Å². The Kier molecular flexibility index (Phi) is 3.64. The van der Waals surface area contributed by atoms with E-state index in [9.17, 15) is 0 Å². The lowest BCUT2D eigenvalue weighted by Gasteiger charge is -2.19. The lowest BCUT2D eigenvalue weighted by Crippen LogP contribution is -2.30. The fourth-order valence-electron chi connectivity index (χ4n) is 2.08. The van der Waals surface area contributed by atoms with Crippen molar-refractivity contribution in [2.75, 3.05) is 7.11 Å². The first-order valence-corrected chi connectivity index (χ1v) is 5.74. The zero-order chi connectivity index (χ0) is 13.1. The molecule has 1 heterocycles. The summed E-state index contributed by atoms with van der Waals surface area (Å²) in [6.45, 7) is 2.04. The standard InChI is InChI=1S/C13H18N4O/c1-9-6-10(18-3)4-5-11(9)13(16-14)12-7-15-8-17(12)2/h4-8,13,16H,14H2,1-3H3. The third-order valence-corrected chi connectivity index (χ3v) is 3.10. The summed E-state index contributed by atoms with van der Waals surface area (Å²) in [5, 5.41) is 0. The molecule has 1 aromatic heterocycles. The van der Waals surface area contributed by atoms with E-state index >= 15 is 0 Å². The molecule has 5 heteroatoms. The summed E-state index contributed by atoms with van der Waals surface area (Å²) in [6.07, 6.45) is 3.58. The van der Waals surface area contributed by atoms with Crippen LogP contribution in [-0.4, -0.2) is 16.7 Å². The van der Waals surface area contributed by atoms with Gasteiger partial charge in [-0.2, -0.15) is 0 Å². The molecule has 0 aliphatic rings. The van der Waals surface area contributed by atoms with E-state index in [1.807, 2.05) is 42.9 Å². The van der Waals surface area contributed by atoms with Crippen molar-refractivity contribution in [3.05, 3.63) is 47.5 Å². The molecule has 96 valence electrons. The van der Waals surface area contributed by atoms with Gasteiger partial charge in [0.15, 0.2) is 0 Å². The lowest BCUT2D eigenvalue weighted by atomic mass is 9.99. The maximum absolute atomic E-state index is 5.68. The highest BCUT2D eigenvalue weighted by atomic mass is 16.5. The number of aryl methyl sites for hydroxylation is 2. The van der Waals surface area contributed by atoms with Crippen LogP contribution in [0.2, 0.25) is 0 Å².